The van der Waals surface area contributed by atoms with E-state index in [2.05, 4.69) is 21.6 Å². The van der Waals surface area contributed by atoms with Crippen LogP contribution >= 0.6 is 23.5 Å². The lowest BCUT2D eigenvalue weighted by Crippen LogP contribution is -2.50. The minimum atomic E-state index is 0.186. The summed E-state index contributed by atoms with van der Waals surface area (Å²) < 4.78 is 1.60. The number of aryl methyl sites for hydroxylation is 1. The fraction of sp³-hybridized carbons (Fsp3) is 0.500. The highest BCUT2D eigenvalue weighted by Crippen LogP contribution is 2.42. The third-order valence-electron chi connectivity index (χ3n) is 2.47. The quantitative estimate of drug-likeness (QED) is 0.715. The van der Waals surface area contributed by atoms with Gasteiger partial charge in [0.1, 0.15) is 0 Å². The van der Waals surface area contributed by atoms with Crippen LogP contribution in [0.25, 0.3) is 0 Å². The number of aromatic nitrogens is 4. The molecule has 0 radical (unpaired) electrons. The minimum Gasteiger partial charge on any atom is -0.293 e. The van der Waals surface area contributed by atoms with Gasteiger partial charge in [0.2, 0.25) is 11.1 Å². The maximum Gasteiger partial charge on any atom is 0.231 e. The van der Waals surface area contributed by atoms with Crippen LogP contribution in [0.15, 0.2) is 16.3 Å². The number of amides is 1. The Morgan fingerprint density at radius 3 is 3.19 bits per heavy atom. The third kappa shape index (κ3) is 1.52. The van der Waals surface area contributed by atoms with Crippen molar-refractivity contribution in [1.29, 1.82) is 0 Å². The van der Waals surface area contributed by atoms with Crippen molar-refractivity contribution in [3.05, 3.63) is 11.1 Å². The predicted octanol–water partition coefficient (Wildman–Crippen LogP) is 0.449. The van der Waals surface area contributed by atoms with Crippen LogP contribution in [-0.2, 0) is 11.8 Å². The molecule has 6 nitrogen and oxygen atoms in total. The maximum absolute atomic E-state index is 11.5. The number of carbonyl (C=O) groups excluding carboxylic acids is 1. The van der Waals surface area contributed by atoms with Crippen molar-refractivity contribution in [3.63, 3.8) is 0 Å². The Morgan fingerprint density at radius 2 is 2.50 bits per heavy atom. The minimum absolute atomic E-state index is 0.186. The van der Waals surface area contributed by atoms with E-state index in [0.29, 0.717) is 17.0 Å². The Bertz CT molecular complexity index is 471. The summed E-state index contributed by atoms with van der Waals surface area (Å²) in [6.45, 7) is 0. The van der Waals surface area contributed by atoms with E-state index in [-0.39, 0.29) is 5.91 Å². The molecule has 2 aliphatic rings. The summed E-state index contributed by atoms with van der Waals surface area (Å²) in [4.78, 5) is 13.3. The lowest BCUT2D eigenvalue weighted by atomic mass is 10.2. The van der Waals surface area contributed by atoms with E-state index in [1.165, 1.54) is 11.8 Å². The molecule has 0 spiro atoms. The van der Waals surface area contributed by atoms with Gasteiger partial charge in [0.15, 0.2) is 0 Å². The Balaban J connectivity index is 1.82. The van der Waals surface area contributed by atoms with Crippen LogP contribution in [0.4, 0.5) is 0 Å². The van der Waals surface area contributed by atoms with Gasteiger partial charge in [0.05, 0.1) is 16.8 Å². The molecule has 1 atom stereocenters. The zero-order valence-corrected chi connectivity index (χ0v) is 10.2. The van der Waals surface area contributed by atoms with E-state index in [1.54, 1.807) is 23.5 Å². The van der Waals surface area contributed by atoms with Gasteiger partial charge in [-0.15, -0.1) is 16.9 Å². The molecule has 1 amide bonds. The Hall–Kier alpha value is -1.02. The monoisotopic (exact) mass is 255 g/mol. The summed E-state index contributed by atoms with van der Waals surface area (Å²) in [7, 11) is 1.79. The topological polar surface area (TPSA) is 63.9 Å². The molecule has 1 aromatic rings. The first-order valence-corrected chi connectivity index (χ1v) is 6.66. The van der Waals surface area contributed by atoms with Crippen molar-refractivity contribution in [2.24, 2.45) is 7.05 Å². The van der Waals surface area contributed by atoms with Gasteiger partial charge in [-0.3, -0.25) is 9.69 Å². The zero-order valence-electron chi connectivity index (χ0n) is 8.53. The number of hydrogen-bond donors (Lipinski definition) is 0. The SMILES string of the molecule is Cn1nnnc1SC1=CCSC2CC(=O)N12. The number of rotatable bonds is 2. The summed E-state index contributed by atoms with van der Waals surface area (Å²) in [6.07, 6.45) is 2.71. The van der Waals surface area contributed by atoms with Crippen LogP contribution in [0.1, 0.15) is 6.42 Å². The second kappa shape index (κ2) is 3.77. The fourth-order valence-corrected chi connectivity index (χ4v) is 3.82. The number of carbonyl (C=O) groups is 1. The zero-order chi connectivity index (χ0) is 11.1. The Labute approximate surface area is 100 Å². The van der Waals surface area contributed by atoms with Crippen LogP contribution in [0.5, 0.6) is 0 Å². The third-order valence-corrected chi connectivity index (χ3v) is 4.69. The largest absolute Gasteiger partial charge is 0.293 e. The molecule has 0 saturated carbocycles. The van der Waals surface area contributed by atoms with E-state index in [0.717, 1.165) is 10.8 Å². The first-order chi connectivity index (χ1) is 7.75. The first-order valence-electron chi connectivity index (χ1n) is 4.80. The van der Waals surface area contributed by atoms with Crippen molar-refractivity contribution in [3.8, 4) is 0 Å². The summed E-state index contributed by atoms with van der Waals surface area (Å²) in [5, 5.41) is 13.2. The van der Waals surface area contributed by atoms with Gasteiger partial charge in [-0.05, 0) is 28.3 Å². The van der Waals surface area contributed by atoms with Gasteiger partial charge in [0.25, 0.3) is 0 Å². The number of hydrogen-bond acceptors (Lipinski definition) is 6. The second-order valence-corrected chi connectivity index (χ2v) is 5.68. The normalized spacial score (nSPS) is 23.8. The smallest absolute Gasteiger partial charge is 0.231 e. The summed E-state index contributed by atoms with van der Waals surface area (Å²) >= 11 is 3.24. The van der Waals surface area contributed by atoms with Crippen molar-refractivity contribution in [1.82, 2.24) is 25.1 Å². The first kappa shape index (κ1) is 10.2. The maximum atomic E-state index is 11.5. The standard InChI is InChI=1S/C8H9N5OS2/c1-12-8(9-10-11-12)16-6-2-3-15-7-4-5(14)13(6)7/h2,7H,3-4H2,1H3. The van der Waals surface area contributed by atoms with Crippen molar-refractivity contribution in [2.75, 3.05) is 5.75 Å². The van der Waals surface area contributed by atoms with Crippen LogP contribution in [0.2, 0.25) is 0 Å². The van der Waals surface area contributed by atoms with Crippen LogP contribution in [0, 0.1) is 0 Å². The molecule has 1 fully saturated rings. The van der Waals surface area contributed by atoms with E-state index >= 15 is 0 Å². The van der Waals surface area contributed by atoms with Crippen LogP contribution < -0.4 is 0 Å². The van der Waals surface area contributed by atoms with Gasteiger partial charge in [-0.25, -0.2) is 4.68 Å². The van der Waals surface area contributed by atoms with Gasteiger partial charge >= 0.3 is 0 Å². The summed E-state index contributed by atoms with van der Waals surface area (Å²) in [5.41, 5.74) is 0. The molecule has 8 heteroatoms. The molecule has 0 N–H and O–H groups in total. The Morgan fingerprint density at radius 1 is 1.62 bits per heavy atom. The van der Waals surface area contributed by atoms with Crippen LogP contribution in [-0.4, -0.2) is 42.1 Å². The summed E-state index contributed by atoms with van der Waals surface area (Å²) in [6, 6.07) is 0. The van der Waals surface area contributed by atoms with Gasteiger partial charge in [-0.2, -0.15) is 0 Å². The molecule has 2 aliphatic heterocycles. The van der Waals surface area contributed by atoms with E-state index < -0.39 is 0 Å². The molecule has 1 unspecified atom stereocenters. The highest BCUT2D eigenvalue weighted by atomic mass is 32.2. The highest BCUT2D eigenvalue weighted by Gasteiger charge is 2.41. The molecular formula is C8H9N5OS2. The highest BCUT2D eigenvalue weighted by molar-refractivity contribution is 8.03. The van der Waals surface area contributed by atoms with E-state index in [1.807, 2.05) is 4.90 Å². The molecule has 16 heavy (non-hydrogen) atoms. The average Bonchev–Trinajstić information content (AvgIpc) is 2.63. The van der Waals surface area contributed by atoms with E-state index in [4.69, 9.17) is 0 Å². The van der Waals surface area contributed by atoms with Gasteiger partial charge < -0.3 is 0 Å². The summed E-state index contributed by atoms with van der Waals surface area (Å²) in [5.74, 6) is 1.13. The molecule has 0 bridgehead atoms. The number of tetrazole rings is 1. The second-order valence-electron chi connectivity index (χ2n) is 3.49. The number of fused-ring (bicyclic) bond motifs is 1. The van der Waals surface area contributed by atoms with E-state index in [9.17, 15) is 4.79 Å². The lowest BCUT2D eigenvalue weighted by Gasteiger charge is -2.42. The molecule has 3 heterocycles. The molecule has 0 aromatic carbocycles. The lowest BCUT2D eigenvalue weighted by molar-refractivity contribution is -0.137. The molecule has 1 saturated heterocycles. The average molecular weight is 255 g/mol. The van der Waals surface area contributed by atoms with Gasteiger partial charge in [-0.1, -0.05) is 0 Å². The fourth-order valence-electron chi connectivity index (χ4n) is 1.61. The van der Waals surface area contributed by atoms with Crippen molar-refractivity contribution in [2.45, 2.75) is 17.0 Å². The number of β-lactam (4-membered cyclic amide) rings is 1. The Kier molecular flexibility index (Phi) is 2.40. The van der Waals surface area contributed by atoms with Gasteiger partial charge in [0, 0.05) is 12.8 Å². The number of nitrogens with zero attached hydrogens (tertiary/aromatic N) is 5. The molecular weight excluding hydrogens is 246 g/mol. The molecule has 1 aromatic heterocycles. The molecule has 0 aliphatic carbocycles. The molecule has 3 rings (SSSR count). The number of thioether (sulfide) groups is 2. The van der Waals surface area contributed by atoms with Crippen molar-refractivity contribution >= 4 is 29.4 Å². The van der Waals surface area contributed by atoms with Crippen molar-refractivity contribution < 1.29 is 4.79 Å². The van der Waals surface area contributed by atoms with Crippen LogP contribution in [0.3, 0.4) is 0 Å². The predicted molar refractivity (Wildman–Crippen MR) is 60.4 cm³/mol. The molecule has 84 valence electrons.